The third-order valence-electron chi connectivity index (χ3n) is 5.18. The second-order valence-electron chi connectivity index (χ2n) is 7.54. The van der Waals surface area contributed by atoms with Crippen molar-refractivity contribution in [3.05, 3.63) is 78.3 Å². The van der Waals surface area contributed by atoms with Crippen LogP contribution in [-0.2, 0) is 20.9 Å². The number of ether oxygens (including phenoxy) is 1. The van der Waals surface area contributed by atoms with Crippen molar-refractivity contribution in [1.29, 1.82) is 0 Å². The third-order valence-corrected chi connectivity index (χ3v) is 5.18. The van der Waals surface area contributed by atoms with Gasteiger partial charge in [0.05, 0.1) is 18.4 Å². The number of para-hydroxylation sites is 1. The van der Waals surface area contributed by atoms with Crippen molar-refractivity contribution in [2.45, 2.75) is 19.5 Å². The smallest absolute Gasteiger partial charge is 0.251 e. The van der Waals surface area contributed by atoms with Crippen LogP contribution in [0.5, 0.6) is 0 Å². The Morgan fingerprint density at radius 2 is 2.00 bits per heavy atom. The first-order valence-corrected chi connectivity index (χ1v) is 10.6. The number of amides is 2. The molecule has 2 amide bonds. The Morgan fingerprint density at radius 3 is 2.76 bits per heavy atom. The Bertz CT molecular complexity index is 1230. The zero-order valence-corrected chi connectivity index (χ0v) is 18.5. The molecule has 9 nitrogen and oxygen atoms in total. The van der Waals surface area contributed by atoms with Gasteiger partial charge < -0.3 is 14.5 Å². The predicted molar refractivity (Wildman–Crippen MR) is 123 cm³/mol. The lowest BCUT2D eigenvalue weighted by Gasteiger charge is -2.30. The lowest BCUT2D eigenvalue weighted by Crippen LogP contribution is -2.45. The van der Waals surface area contributed by atoms with Crippen LogP contribution in [0.4, 0.5) is 5.69 Å². The van der Waals surface area contributed by atoms with Crippen molar-refractivity contribution in [3.8, 4) is 0 Å². The Kier molecular flexibility index (Phi) is 6.80. The number of nitrogens with one attached hydrogen (secondary N) is 1. The lowest BCUT2D eigenvalue weighted by atomic mass is 10.1. The summed E-state index contributed by atoms with van der Waals surface area (Å²) in [5.41, 5.74) is 2.95. The van der Waals surface area contributed by atoms with Gasteiger partial charge in [0.25, 0.3) is 5.91 Å². The van der Waals surface area contributed by atoms with Gasteiger partial charge in [-0.15, -0.1) is 5.10 Å². The number of nitrogens with zero attached hydrogens (tertiary/aromatic N) is 4. The maximum absolute atomic E-state index is 13.7. The van der Waals surface area contributed by atoms with E-state index in [1.807, 2.05) is 49.4 Å². The standard InChI is InChI=1S/C24H25N5O4/c1-17-7-5-8-18(15-17)29(22(30)16-28-20-10-4-3-9-19(20)26-27-28)23(21-11-6-13-33-21)24(31)25-12-14-32-2/h3-11,13,15,23H,12,14,16H2,1-2H3,(H,25,31)/t23-/m0/s1. The molecule has 4 aromatic rings. The molecule has 0 unspecified atom stereocenters. The van der Waals surface area contributed by atoms with Crippen molar-refractivity contribution < 1.29 is 18.7 Å². The number of benzene rings is 2. The number of hydrogen-bond acceptors (Lipinski definition) is 6. The molecule has 0 bridgehead atoms. The summed E-state index contributed by atoms with van der Waals surface area (Å²) in [6.07, 6.45) is 1.48. The fourth-order valence-electron chi connectivity index (χ4n) is 3.65. The molecule has 4 rings (SSSR count). The molecule has 170 valence electrons. The first kappa shape index (κ1) is 22.2. The molecule has 0 saturated heterocycles. The van der Waals surface area contributed by atoms with Crippen LogP contribution in [0.15, 0.2) is 71.3 Å². The molecule has 2 aromatic carbocycles. The lowest BCUT2D eigenvalue weighted by molar-refractivity contribution is -0.127. The van der Waals surface area contributed by atoms with Crippen LogP contribution in [-0.4, -0.2) is 47.1 Å². The molecule has 9 heteroatoms. The van der Waals surface area contributed by atoms with E-state index in [1.54, 1.807) is 25.3 Å². The van der Waals surface area contributed by atoms with Gasteiger partial charge in [-0.3, -0.25) is 14.5 Å². The second kappa shape index (κ2) is 10.1. The van der Waals surface area contributed by atoms with E-state index in [0.717, 1.165) is 11.1 Å². The number of furan rings is 1. The largest absolute Gasteiger partial charge is 0.467 e. The summed E-state index contributed by atoms with van der Waals surface area (Å²) in [5, 5.41) is 11.1. The fourth-order valence-corrected chi connectivity index (χ4v) is 3.65. The summed E-state index contributed by atoms with van der Waals surface area (Å²) in [7, 11) is 1.56. The molecule has 0 aliphatic heterocycles. The average molecular weight is 447 g/mol. The van der Waals surface area contributed by atoms with Gasteiger partial charge in [0.1, 0.15) is 17.8 Å². The molecular weight excluding hydrogens is 422 g/mol. The van der Waals surface area contributed by atoms with Gasteiger partial charge >= 0.3 is 0 Å². The molecule has 0 saturated carbocycles. The van der Waals surface area contributed by atoms with Crippen molar-refractivity contribution in [1.82, 2.24) is 20.3 Å². The van der Waals surface area contributed by atoms with Crippen LogP contribution in [0.2, 0.25) is 0 Å². The number of hydrogen-bond donors (Lipinski definition) is 1. The third kappa shape index (κ3) is 4.93. The highest BCUT2D eigenvalue weighted by molar-refractivity contribution is 6.01. The van der Waals surface area contributed by atoms with Gasteiger partial charge in [-0.2, -0.15) is 0 Å². The van der Waals surface area contributed by atoms with Gasteiger partial charge in [-0.05, 0) is 48.9 Å². The van der Waals surface area contributed by atoms with E-state index in [-0.39, 0.29) is 18.4 Å². The summed E-state index contributed by atoms with van der Waals surface area (Å²) in [5.74, 6) is -0.358. The number of carbonyl (C=O) groups excluding carboxylic acids is 2. The Morgan fingerprint density at radius 1 is 1.15 bits per heavy atom. The van der Waals surface area contributed by atoms with Gasteiger partial charge in [-0.1, -0.05) is 29.5 Å². The molecule has 33 heavy (non-hydrogen) atoms. The van der Waals surface area contributed by atoms with Crippen molar-refractivity contribution in [2.24, 2.45) is 0 Å². The number of carbonyl (C=O) groups is 2. The highest BCUT2D eigenvalue weighted by Gasteiger charge is 2.35. The zero-order chi connectivity index (χ0) is 23.2. The number of methoxy groups -OCH3 is 1. The number of fused-ring (bicyclic) bond motifs is 1. The molecule has 0 spiro atoms. The minimum Gasteiger partial charge on any atom is -0.467 e. The van der Waals surface area contributed by atoms with Crippen LogP contribution in [0.1, 0.15) is 17.4 Å². The van der Waals surface area contributed by atoms with Gasteiger partial charge in [0.2, 0.25) is 5.91 Å². The molecule has 0 radical (unpaired) electrons. The topological polar surface area (TPSA) is 102 Å². The molecule has 1 N–H and O–H groups in total. The quantitative estimate of drug-likeness (QED) is 0.396. The number of anilines is 1. The summed E-state index contributed by atoms with van der Waals surface area (Å²) in [4.78, 5) is 28.5. The van der Waals surface area contributed by atoms with Crippen molar-refractivity contribution in [3.63, 3.8) is 0 Å². The number of aryl methyl sites for hydroxylation is 1. The van der Waals surface area contributed by atoms with Crippen LogP contribution in [0, 0.1) is 6.92 Å². The van der Waals surface area contributed by atoms with Crippen molar-refractivity contribution in [2.75, 3.05) is 25.2 Å². The fraction of sp³-hybridized carbons (Fsp3) is 0.250. The van der Waals surface area contributed by atoms with Crippen LogP contribution >= 0.6 is 0 Å². The number of rotatable bonds is 9. The van der Waals surface area contributed by atoms with E-state index in [4.69, 9.17) is 9.15 Å². The van der Waals surface area contributed by atoms with E-state index >= 15 is 0 Å². The summed E-state index contributed by atoms with van der Waals surface area (Å²) in [6, 6.07) is 17.2. The highest BCUT2D eigenvalue weighted by atomic mass is 16.5. The molecule has 2 aromatic heterocycles. The van der Waals surface area contributed by atoms with Crippen LogP contribution < -0.4 is 10.2 Å². The Hall–Kier alpha value is -3.98. The molecule has 0 aliphatic rings. The first-order valence-electron chi connectivity index (χ1n) is 10.6. The highest BCUT2D eigenvalue weighted by Crippen LogP contribution is 2.29. The van der Waals surface area contributed by atoms with Gasteiger partial charge in [-0.25, -0.2) is 4.68 Å². The first-order chi connectivity index (χ1) is 16.1. The normalized spacial score (nSPS) is 11.9. The zero-order valence-electron chi connectivity index (χ0n) is 18.5. The second-order valence-corrected chi connectivity index (χ2v) is 7.54. The summed E-state index contributed by atoms with van der Waals surface area (Å²) in [6.45, 7) is 2.48. The van der Waals surface area contributed by atoms with E-state index in [0.29, 0.717) is 30.1 Å². The predicted octanol–water partition coefficient (Wildman–Crippen LogP) is 2.87. The molecule has 1 atom stereocenters. The average Bonchev–Trinajstić information content (AvgIpc) is 3.48. The van der Waals surface area contributed by atoms with Gasteiger partial charge in [0, 0.05) is 19.3 Å². The van der Waals surface area contributed by atoms with E-state index < -0.39 is 6.04 Å². The molecular formula is C24H25N5O4. The minimum absolute atomic E-state index is 0.100. The van der Waals surface area contributed by atoms with E-state index in [9.17, 15) is 9.59 Å². The molecule has 0 fully saturated rings. The minimum atomic E-state index is -1.01. The van der Waals surface area contributed by atoms with Crippen LogP contribution in [0.3, 0.4) is 0 Å². The Labute approximate surface area is 190 Å². The van der Waals surface area contributed by atoms with Crippen LogP contribution in [0.25, 0.3) is 11.0 Å². The number of aromatic nitrogens is 3. The maximum atomic E-state index is 13.7. The summed E-state index contributed by atoms with van der Waals surface area (Å²) >= 11 is 0. The van der Waals surface area contributed by atoms with E-state index in [2.05, 4.69) is 15.6 Å². The molecule has 2 heterocycles. The molecule has 0 aliphatic carbocycles. The summed E-state index contributed by atoms with van der Waals surface area (Å²) < 4.78 is 12.2. The van der Waals surface area contributed by atoms with Crippen molar-refractivity contribution >= 4 is 28.5 Å². The van der Waals surface area contributed by atoms with Gasteiger partial charge in [0.15, 0.2) is 6.04 Å². The van der Waals surface area contributed by atoms with E-state index in [1.165, 1.54) is 15.8 Å². The maximum Gasteiger partial charge on any atom is 0.251 e. The Balaban J connectivity index is 1.74. The monoisotopic (exact) mass is 447 g/mol. The SMILES string of the molecule is COCCNC(=O)[C@H](c1ccco1)N(C(=O)Cn1nnc2ccccc21)c1cccc(C)c1.